The molecule has 1 N–H and O–H groups in total. The summed E-state index contributed by atoms with van der Waals surface area (Å²) in [4.78, 5) is 11.3. The number of benzene rings is 1. The zero-order valence-corrected chi connectivity index (χ0v) is 11.0. The van der Waals surface area contributed by atoms with E-state index in [9.17, 15) is 9.18 Å². The first-order valence-electron chi connectivity index (χ1n) is 5.18. The largest absolute Gasteiger partial charge is 0.495 e. The normalized spacial score (nSPS) is 10.5. The van der Waals surface area contributed by atoms with Crippen molar-refractivity contribution in [2.45, 2.75) is 4.90 Å². The van der Waals surface area contributed by atoms with Gasteiger partial charge in [-0.3, -0.25) is 0 Å². The Labute approximate surface area is 112 Å². The summed E-state index contributed by atoms with van der Waals surface area (Å²) in [5.41, 5.74) is 0.0823. The molecule has 0 fully saturated rings. The highest BCUT2D eigenvalue weighted by Crippen LogP contribution is 2.38. The summed E-state index contributed by atoms with van der Waals surface area (Å²) in [5, 5.41) is 12.2. The van der Waals surface area contributed by atoms with Crippen molar-refractivity contribution in [1.82, 2.24) is 5.16 Å². The molecule has 0 saturated heterocycles. The van der Waals surface area contributed by atoms with Crippen molar-refractivity contribution >= 4 is 17.7 Å². The Bertz CT molecular complexity index is 626. The van der Waals surface area contributed by atoms with E-state index in [1.807, 2.05) is 0 Å². The number of thioether (sulfide) groups is 1. The first-order chi connectivity index (χ1) is 9.06. The molecule has 5 nitrogen and oxygen atoms in total. The molecule has 100 valence electrons. The van der Waals surface area contributed by atoms with E-state index in [1.165, 1.54) is 37.1 Å². The lowest BCUT2D eigenvalue weighted by molar-refractivity contribution is 0.0686. The minimum absolute atomic E-state index is 0.143. The maximum absolute atomic E-state index is 13.5. The molecule has 7 heteroatoms. The van der Waals surface area contributed by atoms with Crippen LogP contribution in [0.2, 0.25) is 0 Å². The second-order valence-electron chi connectivity index (χ2n) is 3.57. The van der Waals surface area contributed by atoms with Gasteiger partial charge in [0.1, 0.15) is 11.6 Å². The lowest BCUT2D eigenvalue weighted by Crippen LogP contribution is -1.95. The minimum atomic E-state index is -1.21. The van der Waals surface area contributed by atoms with Crippen molar-refractivity contribution < 1.29 is 23.6 Å². The third-order valence-electron chi connectivity index (χ3n) is 2.44. The topological polar surface area (TPSA) is 72.6 Å². The van der Waals surface area contributed by atoms with Crippen molar-refractivity contribution in [3.63, 3.8) is 0 Å². The molecule has 0 bridgehead atoms. The lowest BCUT2D eigenvalue weighted by atomic mass is 10.1. The molecule has 0 unspecified atom stereocenters. The Morgan fingerprint density at radius 1 is 1.47 bits per heavy atom. The van der Waals surface area contributed by atoms with Crippen LogP contribution < -0.4 is 4.74 Å². The van der Waals surface area contributed by atoms with Crippen molar-refractivity contribution in [2.75, 3.05) is 13.4 Å². The number of carboxylic acid groups (broad SMARTS) is 1. The monoisotopic (exact) mass is 283 g/mol. The zero-order chi connectivity index (χ0) is 14.0. The predicted molar refractivity (Wildman–Crippen MR) is 67.2 cm³/mol. The Balaban J connectivity index is 2.59. The number of ether oxygens (including phenoxy) is 1. The fourth-order valence-electron chi connectivity index (χ4n) is 1.62. The van der Waals surface area contributed by atoms with Crippen LogP contribution in [0.1, 0.15) is 10.5 Å². The number of halogens is 1. The molecule has 2 rings (SSSR count). The van der Waals surface area contributed by atoms with E-state index < -0.39 is 11.8 Å². The number of hydrogen-bond donors (Lipinski definition) is 1. The predicted octanol–water partition coefficient (Wildman–Crippen LogP) is 2.91. The Morgan fingerprint density at radius 2 is 2.21 bits per heavy atom. The molecule has 2 aromatic rings. The molecule has 0 atom stereocenters. The number of hydrogen-bond acceptors (Lipinski definition) is 5. The third kappa shape index (κ3) is 2.55. The Morgan fingerprint density at radius 3 is 2.74 bits per heavy atom. The van der Waals surface area contributed by atoms with Crippen LogP contribution in [0.3, 0.4) is 0 Å². The number of carbonyl (C=O) groups is 1. The van der Waals surface area contributed by atoms with Crippen LogP contribution in [-0.2, 0) is 0 Å². The van der Waals surface area contributed by atoms with E-state index in [-0.39, 0.29) is 11.5 Å². The van der Waals surface area contributed by atoms with E-state index in [0.717, 1.165) is 0 Å². The van der Waals surface area contributed by atoms with Crippen molar-refractivity contribution in [1.29, 1.82) is 0 Å². The molecule has 1 aromatic carbocycles. The highest BCUT2D eigenvalue weighted by Gasteiger charge is 2.19. The molecule has 0 aliphatic carbocycles. The fourth-order valence-corrected chi connectivity index (χ4v) is 2.23. The van der Waals surface area contributed by atoms with Gasteiger partial charge in [-0.1, -0.05) is 5.16 Å². The number of aromatic carboxylic acids is 1. The average Bonchev–Trinajstić information content (AvgIpc) is 2.87. The summed E-state index contributed by atoms with van der Waals surface area (Å²) in [6.45, 7) is 0. The van der Waals surface area contributed by atoms with Gasteiger partial charge in [-0.15, -0.1) is 11.8 Å². The molecule has 0 radical (unpaired) electrons. The van der Waals surface area contributed by atoms with Gasteiger partial charge in [-0.2, -0.15) is 0 Å². The molecule has 1 aromatic heterocycles. The molecular formula is C12H10FNO4S. The van der Waals surface area contributed by atoms with Crippen LogP contribution in [0.5, 0.6) is 5.75 Å². The standard InChI is InChI=1S/C12H10FNO4S/c1-17-11-7(3-6(13)4-10(11)19-2)9-5-8(12(15)16)14-18-9/h3-5H,1-2H3,(H,15,16). The summed E-state index contributed by atoms with van der Waals surface area (Å²) in [6, 6.07) is 3.77. The van der Waals surface area contributed by atoms with Gasteiger partial charge < -0.3 is 14.4 Å². The van der Waals surface area contributed by atoms with Crippen LogP contribution in [0.25, 0.3) is 11.3 Å². The summed E-state index contributed by atoms with van der Waals surface area (Å²) in [7, 11) is 1.45. The number of aromatic nitrogens is 1. The second-order valence-corrected chi connectivity index (χ2v) is 4.42. The molecule has 0 aliphatic rings. The van der Waals surface area contributed by atoms with Gasteiger partial charge in [-0.25, -0.2) is 9.18 Å². The van der Waals surface area contributed by atoms with E-state index in [4.69, 9.17) is 14.4 Å². The summed E-state index contributed by atoms with van der Waals surface area (Å²) >= 11 is 1.31. The van der Waals surface area contributed by atoms with E-state index >= 15 is 0 Å². The zero-order valence-electron chi connectivity index (χ0n) is 10.1. The first-order valence-corrected chi connectivity index (χ1v) is 6.41. The quantitative estimate of drug-likeness (QED) is 0.870. The molecule has 0 aliphatic heterocycles. The Hall–Kier alpha value is -2.02. The van der Waals surface area contributed by atoms with Gasteiger partial charge in [0, 0.05) is 6.07 Å². The SMILES string of the molecule is COc1c(SC)cc(F)cc1-c1cc(C(=O)O)no1. The molecule has 0 spiro atoms. The van der Waals surface area contributed by atoms with E-state index in [1.54, 1.807) is 6.26 Å². The lowest BCUT2D eigenvalue weighted by Gasteiger charge is -2.10. The van der Waals surface area contributed by atoms with Crippen LogP contribution in [0, 0.1) is 5.82 Å². The van der Waals surface area contributed by atoms with Crippen LogP contribution >= 0.6 is 11.8 Å². The third-order valence-corrected chi connectivity index (χ3v) is 3.18. The summed E-state index contributed by atoms with van der Waals surface area (Å²) in [6.07, 6.45) is 1.78. The Kier molecular flexibility index (Phi) is 3.75. The minimum Gasteiger partial charge on any atom is -0.495 e. The summed E-state index contributed by atoms with van der Waals surface area (Å²) < 4.78 is 23.7. The maximum Gasteiger partial charge on any atom is 0.358 e. The van der Waals surface area contributed by atoms with Crippen LogP contribution in [-0.4, -0.2) is 29.6 Å². The van der Waals surface area contributed by atoms with Crippen LogP contribution in [0.4, 0.5) is 4.39 Å². The average molecular weight is 283 g/mol. The molecule has 0 amide bonds. The fraction of sp³-hybridized carbons (Fsp3) is 0.167. The molecule has 19 heavy (non-hydrogen) atoms. The van der Waals surface area contributed by atoms with Crippen molar-refractivity contribution in [2.24, 2.45) is 0 Å². The van der Waals surface area contributed by atoms with E-state index in [0.29, 0.717) is 16.2 Å². The maximum atomic E-state index is 13.5. The highest BCUT2D eigenvalue weighted by atomic mass is 32.2. The van der Waals surface area contributed by atoms with Gasteiger partial charge in [0.05, 0.1) is 17.6 Å². The van der Waals surface area contributed by atoms with Gasteiger partial charge in [0.25, 0.3) is 0 Å². The summed E-state index contributed by atoms with van der Waals surface area (Å²) in [5.74, 6) is -1.12. The van der Waals surface area contributed by atoms with Crippen molar-refractivity contribution in [3.05, 3.63) is 29.7 Å². The van der Waals surface area contributed by atoms with Crippen molar-refractivity contribution in [3.8, 4) is 17.1 Å². The number of rotatable bonds is 4. The van der Waals surface area contributed by atoms with Gasteiger partial charge >= 0.3 is 5.97 Å². The van der Waals surface area contributed by atoms with E-state index in [2.05, 4.69) is 5.16 Å². The molecule has 1 heterocycles. The molecule has 0 saturated carbocycles. The van der Waals surface area contributed by atoms with Gasteiger partial charge in [0.2, 0.25) is 0 Å². The smallest absolute Gasteiger partial charge is 0.358 e. The molecular weight excluding hydrogens is 273 g/mol. The van der Waals surface area contributed by atoms with Crippen LogP contribution in [0.15, 0.2) is 27.6 Å². The van der Waals surface area contributed by atoms with Gasteiger partial charge in [0.15, 0.2) is 11.5 Å². The highest BCUT2D eigenvalue weighted by molar-refractivity contribution is 7.98. The number of methoxy groups -OCH3 is 1. The second kappa shape index (κ2) is 5.31. The van der Waals surface area contributed by atoms with Gasteiger partial charge in [-0.05, 0) is 18.4 Å². The number of carboxylic acids is 1. The number of nitrogens with zero attached hydrogens (tertiary/aromatic N) is 1. The first kappa shape index (κ1) is 13.4.